The number of anilines is 2. The molecule has 6 heteroatoms. The Kier molecular flexibility index (Phi) is 4.42. The van der Waals surface area contributed by atoms with Gasteiger partial charge in [-0.05, 0) is 55.3 Å². The number of nitrogens with one attached hydrogen (secondary N) is 1. The van der Waals surface area contributed by atoms with Gasteiger partial charge in [-0.2, -0.15) is 10.2 Å². The number of nitrogens with zero attached hydrogens (tertiary/aromatic N) is 4. The van der Waals surface area contributed by atoms with Crippen molar-refractivity contribution in [1.82, 2.24) is 14.5 Å². The first-order valence-corrected chi connectivity index (χ1v) is 8.89. The van der Waals surface area contributed by atoms with Crippen LogP contribution in [0.5, 0.6) is 11.6 Å². The van der Waals surface area contributed by atoms with Crippen LogP contribution in [0.15, 0.2) is 54.7 Å². The third-order valence-corrected chi connectivity index (χ3v) is 4.57. The first-order chi connectivity index (χ1) is 13.5. The van der Waals surface area contributed by atoms with Crippen LogP contribution in [-0.2, 0) is 7.05 Å². The predicted molar refractivity (Wildman–Crippen MR) is 109 cm³/mol. The van der Waals surface area contributed by atoms with Crippen molar-refractivity contribution in [2.75, 3.05) is 5.32 Å². The zero-order chi connectivity index (χ0) is 19.7. The molecular formula is C22H19N5O. The number of hydrogen-bond donors (Lipinski definition) is 1. The van der Waals surface area contributed by atoms with E-state index in [-0.39, 0.29) is 0 Å². The number of aryl methyl sites for hydroxylation is 3. The van der Waals surface area contributed by atoms with Gasteiger partial charge in [0.25, 0.3) is 0 Å². The maximum Gasteiger partial charge on any atom is 0.249 e. The molecule has 138 valence electrons. The van der Waals surface area contributed by atoms with Crippen molar-refractivity contribution in [1.29, 1.82) is 5.26 Å². The molecule has 4 rings (SSSR count). The quantitative estimate of drug-likeness (QED) is 0.548. The number of benzene rings is 2. The van der Waals surface area contributed by atoms with Gasteiger partial charge in [0.1, 0.15) is 11.3 Å². The summed E-state index contributed by atoms with van der Waals surface area (Å²) in [4.78, 5) is 9.21. The number of fused-ring (bicyclic) bond motifs is 1. The molecule has 0 spiro atoms. The van der Waals surface area contributed by atoms with Gasteiger partial charge in [0, 0.05) is 18.9 Å². The molecule has 0 radical (unpaired) electrons. The summed E-state index contributed by atoms with van der Waals surface area (Å²) in [6.45, 7) is 4.03. The predicted octanol–water partition coefficient (Wildman–Crippen LogP) is 4.99. The van der Waals surface area contributed by atoms with Crippen LogP contribution in [0.1, 0.15) is 16.7 Å². The minimum Gasteiger partial charge on any atom is -0.436 e. The fraction of sp³-hybridized carbons (Fsp3) is 0.136. The van der Waals surface area contributed by atoms with Gasteiger partial charge in [0.05, 0.1) is 17.1 Å². The molecule has 2 heterocycles. The van der Waals surface area contributed by atoms with Gasteiger partial charge in [-0.1, -0.05) is 18.2 Å². The number of hydrogen-bond acceptors (Lipinski definition) is 5. The molecule has 6 nitrogen and oxygen atoms in total. The van der Waals surface area contributed by atoms with E-state index < -0.39 is 0 Å². The molecule has 0 amide bonds. The zero-order valence-electron chi connectivity index (χ0n) is 15.9. The lowest BCUT2D eigenvalue weighted by Crippen LogP contribution is -2.02. The summed E-state index contributed by atoms with van der Waals surface area (Å²) in [5.74, 6) is 1.73. The largest absolute Gasteiger partial charge is 0.436 e. The highest BCUT2D eigenvalue weighted by molar-refractivity contribution is 5.82. The van der Waals surface area contributed by atoms with Crippen molar-refractivity contribution in [2.45, 2.75) is 13.8 Å². The van der Waals surface area contributed by atoms with E-state index in [9.17, 15) is 0 Å². The lowest BCUT2D eigenvalue weighted by atomic mass is 10.1. The third-order valence-electron chi connectivity index (χ3n) is 4.57. The van der Waals surface area contributed by atoms with Crippen LogP contribution in [0.4, 0.5) is 11.6 Å². The first kappa shape index (κ1) is 17.6. The van der Waals surface area contributed by atoms with Crippen LogP contribution < -0.4 is 10.1 Å². The molecule has 0 bridgehead atoms. The van der Waals surface area contributed by atoms with E-state index >= 15 is 0 Å². The van der Waals surface area contributed by atoms with Gasteiger partial charge >= 0.3 is 0 Å². The molecule has 0 fully saturated rings. The highest BCUT2D eigenvalue weighted by Crippen LogP contribution is 2.33. The van der Waals surface area contributed by atoms with Gasteiger partial charge < -0.3 is 14.6 Å². The Hall–Kier alpha value is -3.85. The molecular weight excluding hydrogens is 350 g/mol. The lowest BCUT2D eigenvalue weighted by Gasteiger charge is -2.14. The molecule has 0 aliphatic carbocycles. The summed E-state index contributed by atoms with van der Waals surface area (Å²) in [5, 5.41) is 12.1. The Bertz CT molecular complexity index is 1180. The van der Waals surface area contributed by atoms with E-state index in [1.54, 1.807) is 12.1 Å². The summed E-state index contributed by atoms with van der Waals surface area (Å²) in [7, 11) is 1.94. The Balaban J connectivity index is 1.76. The number of ether oxygens (including phenoxy) is 1. The highest BCUT2D eigenvalue weighted by Gasteiger charge is 2.15. The first-order valence-electron chi connectivity index (χ1n) is 8.89. The van der Waals surface area contributed by atoms with Crippen molar-refractivity contribution in [2.24, 2.45) is 7.05 Å². The number of aromatic nitrogens is 3. The summed E-state index contributed by atoms with van der Waals surface area (Å²) in [6, 6.07) is 17.2. The molecule has 0 saturated carbocycles. The summed E-state index contributed by atoms with van der Waals surface area (Å²) in [5.41, 5.74) is 5.10. The van der Waals surface area contributed by atoms with Crippen LogP contribution in [0.2, 0.25) is 0 Å². The Morgan fingerprint density at radius 2 is 1.71 bits per heavy atom. The molecule has 0 atom stereocenters. The molecule has 2 aromatic heterocycles. The maximum atomic E-state index is 8.95. The van der Waals surface area contributed by atoms with E-state index in [1.165, 1.54) is 0 Å². The molecule has 0 unspecified atom stereocenters. The lowest BCUT2D eigenvalue weighted by molar-refractivity contribution is 0.459. The molecule has 28 heavy (non-hydrogen) atoms. The average molecular weight is 369 g/mol. The van der Waals surface area contributed by atoms with Gasteiger partial charge in [-0.3, -0.25) is 0 Å². The Morgan fingerprint density at radius 3 is 2.39 bits per heavy atom. The van der Waals surface area contributed by atoms with Crippen LogP contribution in [-0.4, -0.2) is 14.5 Å². The van der Waals surface area contributed by atoms with Gasteiger partial charge in [-0.15, -0.1) is 0 Å². The van der Waals surface area contributed by atoms with Crippen molar-refractivity contribution < 1.29 is 4.74 Å². The topological polar surface area (TPSA) is 75.8 Å². The normalized spacial score (nSPS) is 10.6. The summed E-state index contributed by atoms with van der Waals surface area (Å²) < 4.78 is 8.20. The number of rotatable bonds is 4. The van der Waals surface area contributed by atoms with E-state index in [0.717, 1.165) is 33.6 Å². The summed E-state index contributed by atoms with van der Waals surface area (Å²) in [6.07, 6.45) is 1.93. The van der Waals surface area contributed by atoms with Gasteiger partial charge in [0.2, 0.25) is 11.8 Å². The molecule has 0 saturated heterocycles. The second-order valence-corrected chi connectivity index (χ2v) is 6.65. The molecule has 0 aliphatic heterocycles. The summed E-state index contributed by atoms with van der Waals surface area (Å²) >= 11 is 0. The molecule has 1 N–H and O–H groups in total. The van der Waals surface area contributed by atoms with Crippen molar-refractivity contribution in [3.63, 3.8) is 0 Å². The smallest absolute Gasteiger partial charge is 0.249 e. The minimum absolute atomic E-state index is 0.435. The van der Waals surface area contributed by atoms with E-state index in [1.807, 2.05) is 68.1 Å². The second kappa shape index (κ2) is 7.05. The van der Waals surface area contributed by atoms with E-state index in [0.29, 0.717) is 17.4 Å². The maximum absolute atomic E-state index is 8.95. The third kappa shape index (κ3) is 3.26. The monoisotopic (exact) mass is 369 g/mol. The molecule has 4 aromatic rings. The van der Waals surface area contributed by atoms with Crippen LogP contribution >= 0.6 is 0 Å². The van der Waals surface area contributed by atoms with Crippen molar-refractivity contribution in [3.8, 4) is 17.7 Å². The second-order valence-electron chi connectivity index (χ2n) is 6.65. The van der Waals surface area contributed by atoms with Crippen molar-refractivity contribution in [3.05, 3.63) is 71.4 Å². The van der Waals surface area contributed by atoms with Crippen LogP contribution in [0.3, 0.4) is 0 Å². The van der Waals surface area contributed by atoms with Gasteiger partial charge in [0.15, 0.2) is 0 Å². The van der Waals surface area contributed by atoms with E-state index in [4.69, 9.17) is 10.00 Å². The van der Waals surface area contributed by atoms with Crippen molar-refractivity contribution >= 4 is 22.7 Å². The zero-order valence-corrected chi connectivity index (χ0v) is 15.9. The Morgan fingerprint density at radius 1 is 1.00 bits per heavy atom. The van der Waals surface area contributed by atoms with Crippen LogP contribution in [0, 0.1) is 25.2 Å². The fourth-order valence-electron chi connectivity index (χ4n) is 3.10. The Labute approximate surface area is 163 Å². The number of para-hydroxylation sites is 1. The van der Waals surface area contributed by atoms with Gasteiger partial charge in [-0.25, -0.2) is 4.98 Å². The standard InChI is InChI=1S/C22H19N5O/c1-14-5-4-6-15(2)20(14)28-21-19-18(11-12-27(19)3)25-22(26-21)24-17-9-7-16(13-23)8-10-17/h4-12H,1-3H3,(H,24,25,26). The molecule has 0 aliphatic rings. The highest BCUT2D eigenvalue weighted by atomic mass is 16.5. The molecule has 2 aromatic carbocycles. The average Bonchev–Trinajstić information content (AvgIpc) is 3.06. The fourth-order valence-corrected chi connectivity index (χ4v) is 3.10. The SMILES string of the molecule is Cc1cccc(C)c1Oc1nc(Nc2ccc(C#N)cc2)nc2ccn(C)c12. The number of nitriles is 1. The van der Waals surface area contributed by atoms with E-state index in [2.05, 4.69) is 21.4 Å². The van der Waals surface area contributed by atoms with Crippen LogP contribution in [0.25, 0.3) is 11.0 Å². The minimum atomic E-state index is 0.435.